The van der Waals surface area contributed by atoms with E-state index in [-0.39, 0.29) is 17.4 Å². The highest BCUT2D eigenvalue weighted by Gasteiger charge is 2.30. The molecule has 0 radical (unpaired) electrons. The van der Waals surface area contributed by atoms with E-state index in [4.69, 9.17) is 14.3 Å². The molecular weight excluding hydrogens is 338 g/mol. The fraction of sp³-hybridized carbons (Fsp3) is 0.842. The molecular formula is C19H35NO6. The fourth-order valence-corrected chi connectivity index (χ4v) is 2.71. The van der Waals surface area contributed by atoms with Gasteiger partial charge in [-0.3, -0.25) is 14.4 Å². The predicted octanol–water partition coefficient (Wildman–Crippen LogP) is 4.24. The van der Waals surface area contributed by atoms with Crippen molar-refractivity contribution in [2.75, 3.05) is 6.61 Å². The molecule has 0 aromatic rings. The molecule has 2 amide bonds. The molecule has 0 aromatic heterocycles. The third-order valence-corrected chi connectivity index (χ3v) is 3.49. The van der Waals surface area contributed by atoms with Gasteiger partial charge in [0.25, 0.3) is 11.8 Å². The zero-order chi connectivity index (χ0) is 20.8. The summed E-state index contributed by atoms with van der Waals surface area (Å²) >= 11 is 0. The molecule has 0 aliphatic rings. The number of imide groups is 1. The van der Waals surface area contributed by atoms with Crippen LogP contribution in [-0.2, 0) is 23.9 Å². The molecule has 7 nitrogen and oxygen atoms in total. The Hall–Kier alpha value is -1.63. The maximum atomic E-state index is 11.9. The van der Waals surface area contributed by atoms with Gasteiger partial charge >= 0.3 is 6.16 Å². The van der Waals surface area contributed by atoms with Gasteiger partial charge in [-0.1, -0.05) is 32.8 Å². The van der Waals surface area contributed by atoms with Crippen molar-refractivity contribution in [1.82, 2.24) is 5.06 Å². The van der Waals surface area contributed by atoms with Crippen LogP contribution in [0.15, 0.2) is 0 Å². The molecule has 7 heteroatoms. The van der Waals surface area contributed by atoms with Crippen molar-refractivity contribution < 1.29 is 28.7 Å². The van der Waals surface area contributed by atoms with Gasteiger partial charge in [-0.05, 0) is 39.5 Å². The number of nitrogens with zero attached hydrogens (tertiary/aromatic N) is 1. The van der Waals surface area contributed by atoms with Gasteiger partial charge in [-0.25, -0.2) is 4.79 Å². The van der Waals surface area contributed by atoms with Crippen molar-refractivity contribution in [1.29, 1.82) is 0 Å². The van der Waals surface area contributed by atoms with Crippen LogP contribution in [0.2, 0.25) is 0 Å². The molecule has 0 aromatic carbocycles. The minimum atomic E-state index is -1.10. The first-order chi connectivity index (χ1) is 11.6. The summed E-state index contributed by atoms with van der Waals surface area (Å²) in [5.41, 5.74) is -1.03. The van der Waals surface area contributed by atoms with Crippen LogP contribution in [0, 0.1) is 5.41 Å². The number of hydrogen-bond acceptors (Lipinski definition) is 6. The lowest BCUT2D eigenvalue weighted by molar-refractivity contribution is -0.187. The Balaban J connectivity index is 4.58. The molecule has 152 valence electrons. The van der Waals surface area contributed by atoms with E-state index in [1.807, 2.05) is 13.8 Å². The molecule has 0 aliphatic carbocycles. The summed E-state index contributed by atoms with van der Waals surface area (Å²) in [7, 11) is 0. The van der Waals surface area contributed by atoms with E-state index in [0.717, 1.165) is 13.3 Å². The lowest BCUT2D eigenvalue weighted by Gasteiger charge is -2.34. The summed E-state index contributed by atoms with van der Waals surface area (Å²) in [5.74, 6) is -1.29. The van der Waals surface area contributed by atoms with E-state index in [0.29, 0.717) is 18.1 Å². The lowest BCUT2D eigenvalue weighted by Crippen LogP contribution is -2.40. The van der Waals surface area contributed by atoms with Gasteiger partial charge in [-0.2, -0.15) is 0 Å². The Kier molecular flexibility index (Phi) is 8.76. The normalized spacial score (nSPS) is 12.5. The molecule has 0 rings (SSSR count). The monoisotopic (exact) mass is 373 g/mol. The first-order valence-electron chi connectivity index (χ1n) is 8.97. The van der Waals surface area contributed by atoms with Gasteiger partial charge in [-0.15, -0.1) is 0 Å². The Morgan fingerprint density at radius 3 is 1.88 bits per heavy atom. The first kappa shape index (κ1) is 24.4. The average molecular weight is 373 g/mol. The second kappa shape index (κ2) is 9.35. The maximum Gasteiger partial charge on any atom is 0.534 e. The van der Waals surface area contributed by atoms with E-state index in [1.54, 1.807) is 20.8 Å². The number of carbonyl (C=O) groups excluding carboxylic acids is 3. The summed E-state index contributed by atoms with van der Waals surface area (Å²) in [6.07, 6.45) is 0.265. The highest BCUT2D eigenvalue weighted by atomic mass is 16.8. The third-order valence-electron chi connectivity index (χ3n) is 3.49. The van der Waals surface area contributed by atoms with Gasteiger partial charge < -0.3 is 9.47 Å². The summed E-state index contributed by atoms with van der Waals surface area (Å²) < 4.78 is 11.2. The maximum absolute atomic E-state index is 11.9. The van der Waals surface area contributed by atoms with E-state index in [1.165, 1.54) is 0 Å². The predicted molar refractivity (Wildman–Crippen MR) is 98.2 cm³/mol. The Morgan fingerprint density at radius 2 is 1.46 bits per heavy atom. The molecule has 0 saturated carbocycles. The lowest BCUT2D eigenvalue weighted by atomic mass is 9.83. The van der Waals surface area contributed by atoms with Gasteiger partial charge in [0.2, 0.25) is 0 Å². The van der Waals surface area contributed by atoms with Crippen LogP contribution in [0.3, 0.4) is 0 Å². The van der Waals surface area contributed by atoms with Crippen LogP contribution < -0.4 is 0 Å². The van der Waals surface area contributed by atoms with Crippen LogP contribution in [0.4, 0.5) is 4.79 Å². The van der Waals surface area contributed by atoms with Gasteiger partial charge in [0, 0.05) is 19.8 Å². The second-order valence-corrected chi connectivity index (χ2v) is 8.86. The summed E-state index contributed by atoms with van der Waals surface area (Å²) in [6, 6.07) is 0. The van der Waals surface area contributed by atoms with E-state index in [2.05, 4.69) is 20.8 Å². The first-order valence-corrected chi connectivity index (χ1v) is 8.97. The smallest absolute Gasteiger partial charge is 0.427 e. The minimum absolute atomic E-state index is 0.0347. The molecule has 0 saturated heterocycles. The van der Waals surface area contributed by atoms with Crippen molar-refractivity contribution in [2.45, 2.75) is 92.8 Å². The number of amides is 2. The van der Waals surface area contributed by atoms with Gasteiger partial charge in [0.05, 0.1) is 12.2 Å². The van der Waals surface area contributed by atoms with Gasteiger partial charge in [0.15, 0.2) is 0 Å². The molecule has 0 spiro atoms. The number of ether oxygens (including phenoxy) is 2. The Morgan fingerprint density at radius 1 is 0.923 bits per heavy atom. The van der Waals surface area contributed by atoms with Crippen LogP contribution in [0.25, 0.3) is 0 Å². The van der Waals surface area contributed by atoms with Crippen molar-refractivity contribution in [2.24, 2.45) is 5.41 Å². The fourth-order valence-electron chi connectivity index (χ4n) is 2.71. The third kappa shape index (κ3) is 10.4. The standard InChI is InChI=1S/C19H35NO6/c1-10-15(22)20(14(2)21)26-16(23)25-18(6,7)11-12-24-19(8,9)13-17(3,4)5/h10-13H2,1-9H3. The van der Waals surface area contributed by atoms with Crippen LogP contribution >= 0.6 is 0 Å². The van der Waals surface area contributed by atoms with Crippen LogP contribution in [0.1, 0.15) is 81.6 Å². The van der Waals surface area contributed by atoms with Gasteiger partial charge in [0.1, 0.15) is 5.60 Å². The number of carbonyl (C=O) groups is 3. The minimum Gasteiger partial charge on any atom is -0.427 e. The summed E-state index contributed by atoms with van der Waals surface area (Å²) in [5, 5.41) is 0.418. The molecule has 26 heavy (non-hydrogen) atoms. The molecule has 0 atom stereocenters. The largest absolute Gasteiger partial charge is 0.534 e. The SMILES string of the molecule is CCC(=O)N(OC(=O)OC(C)(C)CCOC(C)(C)CC(C)(C)C)C(C)=O. The van der Waals surface area contributed by atoms with E-state index >= 15 is 0 Å². The Labute approximate surface area is 157 Å². The van der Waals surface area contributed by atoms with Crippen LogP contribution in [0.5, 0.6) is 0 Å². The molecule has 0 unspecified atom stereocenters. The topological polar surface area (TPSA) is 82.1 Å². The second-order valence-electron chi connectivity index (χ2n) is 8.86. The molecule has 0 bridgehead atoms. The number of hydroxylamine groups is 2. The van der Waals surface area contributed by atoms with E-state index < -0.39 is 23.6 Å². The van der Waals surface area contributed by atoms with Crippen LogP contribution in [-0.4, -0.2) is 40.8 Å². The summed E-state index contributed by atoms with van der Waals surface area (Å²) in [4.78, 5) is 39.7. The highest BCUT2D eigenvalue weighted by Crippen LogP contribution is 2.30. The average Bonchev–Trinajstić information content (AvgIpc) is 2.39. The van der Waals surface area contributed by atoms with Crippen molar-refractivity contribution >= 4 is 18.0 Å². The van der Waals surface area contributed by atoms with Crippen molar-refractivity contribution in [3.05, 3.63) is 0 Å². The van der Waals surface area contributed by atoms with Crippen molar-refractivity contribution in [3.63, 3.8) is 0 Å². The molecule has 0 fully saturated rings. The summed E-state index contributed by atoms with van der Waals surface area (Å²) in [6.45, 7) is 17.0. The van der Waals surface area contributed by atoms with Crippen molar-refractivity contribution in [3.8, 4) is 0 Å². The molecule has 0 heterocycles. The molecule has 0 aliphatic heterocycles. The number of hydrogen-bond donors (Lipinski definition) is 0. The zero-order valence-corrected chi connectivity index (χ0v) is 17.7. The molecule has 0 N–H and O–H groups in total. The highest BCUT2D eigenvalue weighted by molar-refractivity contribution is 5.93. The quantitative estimate of drug-likeness (QED) is 0.490. The Bertz CT molecular complexity index is 505. The number of rotatable bonds is 7. The van der Waals surface area contributed by atoms with E-state index in [9.17, 15) is 14.4 Å². The zero-order valence-electron chi connectivity index (χ0n) is 17.7.